The summed E-state index contributed by atoms with van der Waals surface area (Å²) in [5.74, 6) is -1.95. The Morgan fingerprint density at radius 1 is 1.12 bits per heavy atom. The minimum Gasteiger partial charge on any atom is -0.468 e. The molecule has 26 heavy (non-hydrogen) atoms. The van der Waals surface area contributed by atoms with Gasteiger partial charge in [-0.15, -0.1) is 0 Å². The molecule has 0 aromatic heterocycles. The van der Waals surface area contributed by atoms with Gasteiger partial charge < -0.3 is 15.4 Å². The number of carbonyl (C=O) groups excluding carboxylic acids is 3. The Bertz CT molecular complexity index is 849. The predicted octanol–water partition coefficient (Wildman–Crippen LogP) is 2.38. The molecule has 2 aromatic carbocycles. The van der Waals surface area contributed by atoms with Crippen molar-refractivity contribution in [3.63, 3.8) is 0 Å². The minimum atomic E-state index is -0.568. The molecule has 0 spiro atoms. The van der Waals surface area contributed by atoms with Crippen LogP contribution in [0.3, 0.4) is 0 Å². The summed E-state index contributed by atoms with van der Waals surface area (Å²) in [4.78, 5) is 35.0. The van der Waals surface area contributed by atoms with E-state index in [4.69, 9.17) is 0 Å². The fourth-order valence-corrected chi connectivity index (χ4v) is 2.02. The van der Waals surface area contributed by atoms with Crippen LogP contribution in [-0.4, -0.2) is 31.4 Å². The zero-order chi connectivity index (χ0) is 18.9. The first-order valence-corrected chi connectivity index (χ1v) is 7.68. The van der Waals surface area contributed by atoms with Crippen molar-refractivity contribution in [1.82, 2.24) is 5.32 Å². The SMILES string of the molecule is COC(=O)CNC(=O)c1cccc(NC(=O)/C=C/c2ccccc2F)c1. The number of ether oxygens (including phenoxy) is 1. The van der Waals surface area contributed by atoms with Gasteiger partial charge in [-0.1, -0.05) is 24.3 Å². The number of benzene rings is 2. The van der Waals surface area contributed by atoms with E-state index in [0.29, 0.717) is 11.3 Å². The number of hydrogen-bond acceptors (Lipinski definition) is 4. The molecule has 0 aliphatic heterocycles. The lowest BCUT2D eigenvalue weighted by molar-refractivity contribution is -0.139. The van der Waals surface area contributed by atoms with Crippen LogP contribution in [0.2, 0.25) is 0 Å². The second-order valence-corrected chi connectivity index (χ2v) is 5.18. The predicted molar refractivity (Wildman–Crippen MR) is 94.9 cm³/mol. The molecule has 0 atom stereocenters. The van der Waals surface area contributed by atoms with Gasteiger partial charge in [0.2, 0.25) is 5.91 Å². The van der Waals surface area contributed by atoms with E-state index in [0.717, 1.165) is 0 Å². The molecule has 0 saturated heterocycles. The molecular formula is C19H17FN2O4. The van der Waals surface area contributed by atoms with Gasteiger partial charge in [-0.2, -0.15) is 0 Å². The zero-order valence-electron chi connectivity index (χ0n) is 14.0. The molecule has 2 rings (SSSR count). The van der Waals surface area contributed by atoms with Crippen LogP contribution < -0.4 is 10.6 Å². The lowest BCUT2D eigenvalue weighted by Gasteiger charge is -2.07. The third-order valence-electron chi connectivity index (χ3n) is 3.33. The van der Waals surface area contributed by atoms with Crippen molar-refractivity contribution in [1.29, 1.82) is 0 Å². The summed E-state index contributed by atoms with van der Waals surface area (Å²) >= 11 is 0. The number of halogens is 1. The summed E-state index contributed by atoms with van der Waals surface area (Å²) in [5, 5.41) is 4.98. The molecule has 2 aromatic rings. The fourth-order valence-electron chi connectivity index (χ4n) is 2.02. The van der Waals surface area contributed by atoms with Gasteiger partial charge in [0.1, 0.15) is 12.4 Å². The van der Waals surface area contributed by atoms with Crippen molar-refractivity contribution in [2.24, 2.45) is 0 Å². The molecule has 0 bridgehead atoms. The molecule has 0 aliphatic rings. The summed E-state index contributed by atoms with van der Waals surface area (Å²) in [6.45, 7) is -0.253. The molecule has 0 fully saturated rings. The van der Waals surface area contributed by atoms with E-state index < -0.39 is 23.6 Å². The third-order valence-corrected chi connectivity index (χ3v) is 3.33. The average Bonchev–Trinajstić information content (AvgIpc) is 2.65. The van der Waals surface area contributed by atoms with Crippen LogP contribution in [0.15, 0.2) is 54.6 Å². The Morgan fingerprint density at radius 3 is 2.62 bits per heavy atom. The van der Waals surface area contributed by atoms with E-state index in [2.05, 4.69) is 15.4 Å². The Kier molecular flexibility index (Phi) is 6.61. The van der Waals surface area contributed by atoms with E-state index in [-0.39, 0.29) is 12.1 Å². The second-order valence-electron chi connectivity index (χ2n) is 5.18. The molecular weight excluding hydrogens is 339 g/mol. The topological polar surface area (TPSA) is 84.5 Å². The first-order valence-electron chi connectivity index (χ1n) is 7.68. The van der Waals surface area contributed by atoms with Crippen molar-refractivity contribution >= 4 is 29.5 Å². The van der Waals surface area contributed by atoms with Crippen LogP contribution in [0, 0.1) is 5.82 Å². The number of esters is 1. The van der Waals surface area contributed by atoms with Crippen molar-refractivity contribution in [3.8, 4) is 0 Å². The normalized spacial score (nSPS) is 10.4. The first-order chi connectivity index (χ1) is 12.5. The number of methoxy groups -OCH3 is 1. The molecule has 0 saturated carbocycles. The Hall–Kier alpha value is -3.48. The fraction of sp³-hybridized carbons (Fsp3) is 0.105. The summed E-state index contributed by atoms with van der Waals surface area (Å²) in [5.41, 5.74) is 0.947. The van der Waals surface area contributed by atoms with Gasteiger partial charge in [-0.05, 0) is 30.3 Å². The highest BCUT2D eigenvalue weighted by Gasteiger charge is 2.09. The number of carbonyl (C=O) groups is 3. The molecule has 134 valence electrons. The zero-order valence-corrected chi connectivity index (χ0v) is 14.0. The van der Waals surface area contributed by atoms with Gasteiger partial charge in [0.15, 0.2) is 0 Å². The van der Waals surface area contributed by atoms with Crippen LogP contribution in [0.5, 0.6) is 0 Å². The smallest absolute Gasteiger partial charge is 0.325 e. The Labute approximate surface area is 149 Å². The molecule has 0 radical (unpaired) electrons. The van der Waals surface area contributed by atoms with Gasteiger partial charge in [0.05, 0.1) is 7.11 Å². The maximum atomic E-state index is 13.5. The van der Waals surface area contributed by atoms with Crippen molar-refractivity contribution < 1.29 is 23.5 Å². The van der Waals surface area contributed by atoms with E-state index in [1.165, 1.54) is 37.5 Å². The molecule has 0 heterocycles. The number of rotatable bonds is 6. The average molecular weight is 356 g/mol. The van der Waals surface area contributed by atoms with E-state index in [9.17, 15) is 18.8 Å². The number of anilines is 1. The maximum Gasteiger partial charge on any atom is 0.325 e. The summed E-state index contributed by atoms with van der Waals surface area (Å²) in [6.07, 6.45) is 2.56. The summed E-state index contributed by atoms with van der Waals surface area (Å²) in [6, 6.07) is 12.3. The third kappa shape index (κ3) is 5.55. The Balaban J connectivity index is 1.99. The second kappa shape index (κ2) is 9.12. The standard InChI is InChI=1S/C19H17FN2O4/c1-26-18(24)12-21-19(25)14-6-4-7-15(11-14)22-17(23)10-9-13-5-2-3-8-16(13)20/h2-11H,12H2,1H3,(H,21,25)(H,22,23)/b10-9+. The van der Waals surface area contributed by atoms with Gasteiger partial charge in [-0.3, -0.25) is 14.4 Å². The van der Waals surface area contributed by atoms with Crippen LogP contribution in [0.25, 0.3) is 6.08 Å². The van der Waals surface area contributed by atoms with Crippen LogP contribution in [-0.2, 0) is 14.3 Å². The highest BCUT2D eigenvalue weighted by atomic mass is 19.1. The van der Waals surface area contributed by atoms with Gasteiger partial charge >= 0.3 is 5.97 Å². The highest BCUT2D eigenvalue weighted by Crippen LogP contribution is 2.12. The van der Waals surface area contributed by atoms with Crippen LogP contribution in [0.4, 0.5) is 10.1 Å². The molecule has 6 nitrogen and oxygen atoms in total. The number of hydrogen-bond donors (Lipinski definition) is 2. The highest BCUT2D eigenvalue weighted by molar-refractivity contribution is 6.03. The first kappa shape index (κ1) is 18.9. The Morgan fingerprint density at radius 2 is 1.88 bits per heavy atom. The quantitative estimate of drug-likeness (QED) is 0.615. The minimum absolute atomic E-state index is 0.253. The largest absolute Gasteiger partial charge is 0.468 e. The lowest BCUT2D eigenvalue weighted by atomic mass is 10.1. The molecule has 7 heteroatoms. The van der Waals surface area contributed by atoms with E-state index in [1.54, 1.807) is 30.3 Å². The van der Waals surface area contributed by atoms with Crippen LogP contribution >= 0.6 is 0 Å². The van der Waals surface area contributed by atoms with Crippen LogP contribution in [0.1, 0.15) is 15.9 Å². The van der Waals surface area contributed by atoms with Gasteiger partial charge in [0.25, 0.3) is 5.91 Å². The summed E-state index contributed by atoms with van der Waals surface area (Å²) in [7, 11) is 1.22. The molecule has 2 amide bonds. The summed E-state index contributed by atoms with van der Waals surface area (Å²) < 4.78 is 17.9. The number of nitrogens with one attached hydrogen (secondary N) is 2. The van der Waals surface area contributed by atoms with Crippen molar-refractivity contribution in [2.75, 3.05) is 19.0 Å². The number of amides is 2. The maximum absolute atomic E-state index is 13.5. The van der Waals surface area contributed by atoms with E-state index >= 15 is 0 Å². The van der Waals surface area contributed by atoms with Gasteiger partial charge in [0, 0.05) is 22.9 Å². The molecule has 0 aliphatic carbocycles. The van der Waals surface area contributed by atoms with E-state index in [1.807, 2.05) is 0 Å². The molecule has 0 unspecified atom stereocenters. The monoisotopic (exact) mass is 356 g/mol. The van der Waals surface area contributed by atoms with Crippen molar-refractivity contribution in [2.45, 2.75) is 0 Å². The molecule has 2 N–H and O–H groups in total. The van der Waals surface area contributed by atoms with Gasteiger partial charge in [-0.25, -0.2) is 4.39 Å². The van der Waals surface area contributed by atoms with Crippen molar-refractivity contribution in [3.05, 3.63) is 71.6 Å². The lowest BCUT2D eigenvalue weighted by Crippen LogP contribution is -2.30.